The Morgan fingerprint density at radius 3 is 2.50 bits per heavy atom. The van der Waals surface area contributed by atoms with E-state index in [9.17, 15) is 4.79 Å². The van der Waals surface area contributed by atoms with Crippen LogP contribution in [0.5, 0.6) is 0 Å². The molecule has 0 spiro atoms. The van der Waals surface area contributed by atoms with Crippen LogP contribution in [-0.4, -0.2) is 22.8 Å². The number of rotatable bonds is 3. The van der Waals surface area contributed by atoms with Gasteiger partial charge in [0.15, 0.2) is 0 Å². The normalized spacial score (nSPS) is 10.0. The average Bonchev–Trinajstić information content (AvgIpc) is 1.82. The Bertz CT molecular complexity index is 114. The number of nitrogens with two attached hydrogens (primary N) is 1. The van der Waals surface area contributed by atoms with Gasteiger partial charge in [0, 0.05) is 6.54 Å². The minimum Gasteiger partial charge on any atom is -0.464 e. The molecule has 0 aliphatic rings. The van der Waals surface area contributed by atoms with Crippen molar-refractivity contribution >= 4 is 6.09 Å². The zero-order valence-corrected chi connectivity index (χ0v) is 6.37. The van der Waals surface area contributed by atoms with Crippen molar-refractivity contribution < 1.29 is 9.90 Å². The van der Waals surface area contributed by atoms with Crippen LogP contribution in [0, 0.1) is 5.92 Å². The maximum atomic E-state index is 10.1. The van der Waals surface area contributed by atoms with E-state index in [2.05, 4.69) is 0 Å². The summed E-state index contributed by atoms with van der Waals surface area (Å²) >= 11 is 0. The highest BCUT2D eigenvalue weighted by molar-refractivity contribution is 5.63. The fraction of sp³-hybridized carbons (Fsp3) is 0.833. The van der Waals surface area contributed by atoms with Crippen LogP contribution in [0.2, 0.25) is 0 Å². The van der Waals surface area contributed by atoms with Crippen molar-refractivity contribution in [2.24, 2.45) is 11.8 Å². The molecule has 0 rings (SSSR count). The molecule has 0 aliphatic carbocycles. The molecule has 0 atom stereocenters. The number of hydrogen-bond acceptors (Lipinski definition) is 2. The standard InChI is InChI=1S/C6H14N2O2/c1-5(2)3-4-8(7)6(9)10/h5H,3-4,7H2,1-2H3,(H,9,10). The molecule has 0 unspecified atom stereocenters. The Kier molecular flexibility index (Phi) is 3.79. The largest absolute Gasteiger partial charge is 0.464 e. The van der Waals surface area contributed by atoms with E-state index in [1.165, 1.54) is 0 Å². The number of hydrazine groups is 1. The second-order valence-electron chi connectivity index (χ2n) is 2.66. The molecule has 0 saturated heterocycles. The second-order valence-corrected chi connectivity index (χ2v) is 2.66. The molecule has 4 nitrogen and oxygen atoms in total. The van der Waals surface area contributed by atoms with Crippen LogP contribution in [0.25, 0.3) is 0 Å². The van der Waals surface area contributed by atoms with Crippen LogP contribution >= 0.6 is 0 Å². The number of carbonyl (C=O) groups is 1. The minimum atomic E-state index is -1.07. The first-order valence-electron chi connectivity index (χ1n) is 3.29. The number of amides is 1. The van der Waals surface area contributed by atoms with Crippen LogP contribution in [0.3, 0.4) is 0 Å². The highest BCUT2D eigenvalue weighted by Gasteiger charge is 2.05. The lowest BCUT2D eigenvalue weighted by atomic mass is 10.1. The van der Waals surface area contributed by atoms with Gasteiger partial charge in [-0.15, -0.1) is 0 Å². The monoisotopic (exact) mass is 146 g/mol. The molecule has 0 aromatic heterocycles. The molecular weight excluding hydrogens is 132 g/mol. The van der Waals surface area contributed by atoms with E-state index in [1.807, 2.05) is 13.8 Å². The van der Waals surface area contributed by atoms with Gasteiger partial charge in [-0.3, -0.25) is 0 Å². The van der Waals surface area contributed by atoms with Crippen molar-refractivity contribution in [1.82, 2.24) is 5.01 Å². The Labute approximate surface area is 60.6 Å². The highest BCUT2D eigenvalue weighted by Crippen LogP contribution is 1.98. The third kappa shape index (κ3) is 4.14. The summed E-state index contributed by atoms with van der Waals surface area (Å²) in [6.07, 6.45) is -0.261. The number of nitrogens with zero attached hydrogens (tertiary/aromatic N) is 1. The lowest BCUT2D eigenvalue weighted by Gasteiger charge is -2.12. The van der Waals surface area contributed by atoms with Gasteiger partial charge in [0.05, 0.1) is 0 Å². The zero-order chi connectivity index (χ0) is 8.15. The van der Waals surface area contributed by atoms with Crippen LogP contribution in [0.1, 0.15) is 20.3 Å². The van der Waals surface area contributed by atoms with Gasteiger partial charge in [-0.05, 0) is 12.3 Å². The zero-order valence-electron chi connectivity index (χ0n) is 6.37. The Morgan fingerprint density at radius 2 is 2.20 bits per heavy atom. The van der Waals surface area contributed by atoms with Gasteiger partial charge < -0.3 is 5.11 Å². The lowest BCUT2D eigenvalue weighted by Crippen LogP contribution is -2.37. The molecule has 3 N–H and O–H groups in total. The van der Waals surface area contributed by atoms with E-state index < -0.39 is 6.09 Å². The Hall–Kier alpha value is -0.770. The van der Waals surface area contributed by atoms with Gasteiger partial charge in [-0.2, -0.15) is 0 Å². The van der Waals surface area contributed by atoms with Crippen LogP contribution in [-0.2, 0) is 0 Å². The van der Waals surface area contributed by atoms with E-state index in [0.29, 0.717) is 12.5 Å². The maximum absolute atomic E-state index is 10.1. The van der Waals surface area contributed by atoms with Crippen molar-refractivity contribution in [1.29, 1.82) is 0 Å². The van der Waals surface area contributed by atoms with Crippen molar-refractivity contribution in [2.45, 2.75) is 20.3 Å². The first kappa shape index (κ1) is 9.23. The van der Waals surface area contributed by atoms with Crippen LogP contribution in [0.4, 0.5) is 4.79 Å². The van der Waals surface area contributed by atoms with Crippen molar-refractivity contribution in [3.05, 3.63) is 0 Å². The van der Waals surface area contributed by atoms with Gasteiger partial charge in [0.2, 0.25) is 0 Å². The molecule has 60 valence electrons. The van der Waals surface area contributed by atoms with Gasteiger partial charge >= 0.3 is 6.09 Å². The molecule has 0 saturated carbocycles. The molecule has 4 heteroatoms. The summed E-state index contributed by atoms with van der Waals surface area (Å²) in [5.41, 5.74) is 0. The summed E-state index contributed by atoms with van der Waals surface area (Å²) in [4.78, 5) is 10.1. The van der Waals surface area contributed by atoms with Gasteiger partial charge in [0.25, 0.3) is 0 Å². The molecule has 0 aromatic carbocycles. The predicted octanol–water partition coefficient (Wildman–Crippen LogP) is 0.886. The number of hydrogen-bond donors (Lipinski definition) is 2. The molecule has 0 aromatic rings. The highest BCUT2D eigenvalue weighted by atomic mass is 16.4. The topological polar surface area (TPSA) is 66.6 Å². The van der Waals surface area contributed by atoms with Gasteiger partial charge in [-0.25, -0.2) is 15.6 Å². The minimum absolute atomic E-state index is 0.410. The summed E-state index contributed by atoms with van der Waals surface area (Å²) in [6.45, 7) is 4.46. The summed E-state index contributed by atoms with van der Waals surface area (Å²) in [7, 11) is 0. The van der Waals surface area contributed by atoms with E-state index in [1.54, 1.807) is 0 Å². The van der Waals surface area contributed by atoms with Gasteiger partial charge in [-0.1, -0.05) is 13.8 Å². The average molecular weight is 146 g/mol. The molecular formula is C6H14N2O2. The molecule has 0 fully saturated rings. The smallest absolute Gasteiger partial charge is 0.421 e. The molecule has 0 heterocycles. The fourth-order valence-electron chi connectivity index (χ4n) is 0.493. The Balaban J connectivity index is 3.40. The molecule has 0 bridgehead atoms. The quantitative estimate of drug-likeness (QED) is 0.353. The summed E-state index contributed by atoms with van der Waals surface area (Å²) in [5.74, 6) is 5.59. The third-order valence-corrected chi connectivity index (χ3v) is 1.19. The van der Waals surface area contributed by atoms with Crippen molar-refractivity contribution in [3.8, 4) is 0 Å². The SMILES string of the molecule is CC(C)CCN(N)C(=O)O. The lowest BCUT2D eigenvalue weighted by molar-refractivity contribution is 0.143. The van der Waals surface area contributed by atoms with Crippen molar-refractivity contribution in [2.75, 3.05) is 6.54 Å². The van der Waals surface area contributed by atoms with Gasteiger partial charge in [0.1, 0.15) is 0 Å². The summed E-state index contributed by atoms with van der Waals surface area (Å²) < 4.78 is 0. The molecule has 0 radical (unpaired) electrons. The van der Waals surface area contributed by atoms with Crippen LogP contribution < -0.4 is 5.84 Å². The van der Waals surface area contributed by atoms with Crippen LogP contribution in [0.15, 0.2) is 0 Å². The summed E-state index contributed by atoms with van der Waals surface area (Å²) in [6, 6.07) is 0. The molecule has 1 amide bonds. The van der Waals surface area contributed by atoms with E-state index >= 15 is 0 Å². The predicted molar refractivity (Wildman–Crippen MR) is 38.4 cm³/mol. The third-order valence-electron chi connectivity index (χ3n) is 1.19. The van der Waals surface area contributed by atoms with E-state index in [0.717, 1.165) is 11.4 Å². The van der Waals surface area contributed by atoms with E-state index in [-0.39, 0.29) is 0 Å². The first-order valence-corrected chi connectivity index (χ1v) is 3.29. The first-order chi connectivity index (χ1) is 4.54. The Morgan fingerprint density at radius 1 is 1.70 bits per heavy atom. The number of carboxylic acid groups (broad SMARTS) is 1. The summed E-state index contributed by atoms with van der Waals surface area (Å²) in [5, 5.41) is 9.10. The van der Waals surface area contributed by atoms with Crippen molar-refractivity contribution in [3.63, 3.8) is 0 Å². The molecule has 0 aliphatic heterocycles. The second kappa shape index (κ2) is 4.11. The van der Waals surface area contributed by atoms with E-state index in [4.69, 9.17) is 10.9 Å². The molecule has 10 heavy (non-hydrogen) atoms. The maximum Gasteiger partial charge on any atom is 0.421 e. The fourth-order valence-corrected chi connectivity index (χ4v) is 0.493.